The number of pyridine rings is 1. The van der Waals surface area contributed by atoms with Gasteiger partial charge in [0.15, 0.2) is 5.01 Å². The first kappa shape index (κ1) is 14.3. The van der Waals surface area contributed by atoms with Crippen LogP contribution >= 0.6 is 11.3 Å². The molecule has 0 amide bonds. The van der Waals surface area contributed by atoms with E-state index in [9.17, 15) is 4.79 Å². The van der Waals surface area contributed by atoms with Crippen LogP contribution in [0.15, 0.2) is 10.9 Å². The molecule has 0 bridgehead atoms. The van der Waals surface area contributed by atoms with Crippen molar-refractivity contribution in [1.29, 1.82) is 0 Å². The third-order valence-corrected chi connectivity index (χ3v) is 4.76. The molecular weight excluding hydrogens is 284 g/mol. The summed E-state index contributed by atoms with van der Waals surface area (Å²) in [6, 6.07) is 2.03. The van der Waals surface area contributed by atoms with Crippen LogP contribution in [0, 0.1) is 0 Å². The largest absolute Gasteiger partial charge is 0.360 e. The van der Waals surface area contributed by atoms with Gasteiger partial charge in [0, 0.05) is 18.8 Å². The molecule has 0 saturated carbocycles. The first-order valence-corrected chi connectivity index (χ1v) is 8.39. The van der Waals surface area contributed by atoms with Crippen molar-refractivity contribution in [3.63, 3.8) is 0 Å². The fourth-order valence-corrected chi connectivity index (χ4v) is 3.62. The van der Waals surface area contributed by atoms with Crippen molar-refractivity contribution < 1.29 is 0 Å². The monoisotopic (exact) mass is 304 g/mol. The highest BCUT2D eigenvalue weighted by molar-refractivity contribution is 7.18. The second kappa shape index (κ2) is 5.97. The average molecular weight is 304 g/mol. The van der Waals surface area contributed by atoms with E-state index in [0.29, 0.717) is 5.56 Å². The van der Waals surface area contributed by atoms with Crippen LogP contribution in [0.4, 0.5) is 5.13 Å². The number of aryl methyl sites for hydroxylation is 1. The summed E-state index contributed by atoms with van der Waals surface area (Å²) < 4.78 is 1.90. The van der Waals surface area contributed by atoms with Gasteiger partial charge in [0.25, 0.3) is 5.56 Å². The molecule has 1 aliphatic carbocycles. The Morgan fingerprint density at radius 1 is 1.33 bits per heavy atom. The van der Waals surface area contributed by atoms with Gasteiger partial charge in [-0.2, -0.15) is 0 Å². The third kappa shape index (κ3) is 2.60. The lowest BCUT2D eigenvalue weighted by molar-refractivity contribution is 0.683. The molecule has 0 spiro atoms. The Hall–Kier alpha value is -1.69. The Morgan fingerprint density at radius 2 is 2.19 bits per heavy atom. The molecular formula is C15H20N4OS. The van der Waals surface area contributed by atoms with Crippen molar-refractivity contribution in [3.05, 3.63) is 27.7 Å². The zero-order chi connectivity index (χ0) is 14.8. The lowest BCUT2D eigenvalue weighted by atomic mass is 10.1. The Labute approximate surface area is 128 Å². The van der Waals surface area contributed by atoms with Gasteiger partial charge in [0.1, 0.15) is 0 Å². The van der Waals surface area contributed by atoms with Crippen molar-refractivity contribution in [2.75, 3.05) is 11.9 Å². The van der Waals surface area contributed by atoms with E-state index in [1.165, 1.54) is 22.6 Å². The predicted molar refractivity (Wildman–Crippen MR) is 86.1 cm³/mol. The molecule has 2 heterocycles. The molecule has 0 unspecified atom stereocenters. The van der Waals surface area contributed by atoms with Gasteiger partial charge >= 0.3 is 0 Å². The number of hydrogen-bond acceptors (Lipinski definition) is 5. The normalized spacial score (nSPS) is 13.4. The minimum absolute atomic E-state index is 0.0661. The highest BCUT2D eigenvalue weighted by atomic mass is 32.1. The van der Waals surface area contributed by atoms with Crippen LogP contribution in [0.2, 0.25) is 0 Å². The van der Waals surface area contributed by atoms with E-state index in [1.807, 2.05) is 17.6 Å². The topological polar surface area (TPSA) is 59.8 Å². The summed E-state index contributed by atoms with van der Waals surface area (Å²) in [5.41, 5.74) is 3.26. The number of fused-ring (bicyclic) bond motifs is 1. The molecule has 0 radical (unpaired) electrons. The zero-order valence-electron chi connectivity index (χ0n) is 12.5. The van der Waals surface area contributed by atoms with Crippen LogP contribution in [0.25, 0.3) is 10.6 Å². The fourth-order valence-electron chi connectivity index (χ4n) is 2.84. The maximum Gasteiger partial charge on any atom is 0.261 e. The molecule has 1 aliphatic rings. The van der Waals surface area contributed by atoms with Crippen LogP contribution in [0.5, 0.6) is 0 Å². The van der Waals surface area contributed by atoms with Gasteiger partial charge in [0.05, 0.1) is 5.56 Å². The van der Waals surface area contributed by atoms with Gasteiger partial charge in [-0.1, -0.05) is 18.3 Å². The number of anilines is 1. The Kier molecular flexibility index (Phi) is 4.05. The van der Waals surface area contributed by atoms with Crippen LogP contribution in [0.1, 0.15) is 37.9 Å². The van der Waals surface area contributed by atoms with Crippen molar-refractivity contribution in [3.8, 4) is 10.6 Å². The lowest BCUT2D eigenvalue weighted by Gasteiger charge is -2.11. The van der Waals surface area contributed by atoms with Crippen molar-refractivity contribution >= 4 is 16.5 Å². The number of aromatic nitrogens is 3. The summed E-state index contributed by atoms with van der Waals surface area (Å²) in [4.78, 5) is 12.7. The first-order valence-electron chi connectivity index (χ1n) is 7.58. The third-order valence-electron chi connectivity index (χ3n) is 3.85. The van der Waals surface area contributed by atoms with E-state index in [1.54, 1.807) is 0 Å². The van der Waals surface area contributed by atoms with Gasteiger partial charge in [-0.05, 0) is 44.2 Å². The molecule has 112 valence electrons. The second-order valence-electron chi connectivity index (χ2n) is 5.27. The summed E-state index contributed by atoms with van der Waals surface area (Å²) in [5.74, 6) is 0. The fraction of sp³-hybridized carbons (Fsp3) is 0.533. The summed E-state index contributed by atoms with van der Waals surface area (Å²) in [5, 5.41) is 13.0. The van der Waals surface area contributed by atoms with Crippen molar-refractivity contribution in [2.45, 2.75) is 46.1 Å². The Bertz CT molecular complexity index is 704. The summed E-state index contributed by atoms with van der Waals surface area (Å²) in [7, 11) is 0. The summed E-state index contributed by atoms with van der Waals surface area (Å²) in [6.45, 7) is 5.72. The number of hydrogen-bond donors (Lipinski definition) is 1. The lowest BCUT2D eigenvalue weighted by Crippen LogP contribution is -2.24. The van der Waals surface area contributed by atoms with Crippen LogP contribution in [-0.2, 0) is 19.4 Å². The Morgan fingerprint density at radius 3 is 2.95 bits per heavy atom. The van der Waals surface area contributed by atoms with Gasteiger partial charge in [0.2, 0.25) is 5.13 Å². The van der Waals surface area contributed by atoms with E-state index < -0.39 is 0 Å². The van der Waals surface area contributed by atoms with Crippen molar-refractivity contribution in [1.82, 2.24) is 14.8 Å². The summed E-state index contributed by atoms with van der Waals surface area (Å²) >= 11 is 1.46. The highest BCUT2D eigenvalue weighted by Crippen LogP contribution is 2.28. The zero-order valence-corrected chi connectivity index (χ0v) is 13.3. The molecule has 5 nitrogen and oxygen atoms in total. The van der Waals surface area contributed by atoms with Crippen LogP contribution in [-0.4, -0.2) is 21.3 Å². The minimum atomic E-state index is 0.0661. The van der Waals surface area contributed by atoms with Crippen LogP contribution in [0.3, 0.4) is 0 Å². The predicted octanol–water partition coefficient (Wildman–Crippen LogP) is 2.70. The SMILES string of the molecule is CCCNc1nnc(-c2cc3c(n(CC)c2=O)CCC3)s1. The quantitative estimate of drug-likeness (QED) is 0.922. The van der Waals surface area contributed by atoms with E-state index in [-0.39, 0.29) is 5.56 Å². The van der Waals surface area contributed by atoms with Gasteiger partial charge in [-0.25, -0.2) is 0 Å². The number of nitrogens with one attached hydrogen (secondary N) is 1. The van der Waals surface area contributed by atoms with Gasteiger partial charge in [-0.15, -0.1) is 10.2 Å². The highest BCUT2D eigenvalue weighted by Gasteiger charge is 2.20. The molecule has 0 fully saturated rings. The molecule has 2 aromatic rings. The molecule has 3 rings (SSSR count). The van der Waals surface area contributed by atoms with Gasteiger partial charge < -0.3 is 9.88 Å². The molecule has 2 aromatic heterocycles. The molecule has 1 N–H and O–H groups in total. The standard InChI is InChI=1S/C15H20N4OS/c1-3-8-16-15-18-17-13(21-15)11-9-10-6-5-7-12(10)19(4-2)14(11)20/h9H,3-8H2,1-2H3,(H,16,18). The van der Waals surface area contributed by atoms with E-state index >= 15 is 0 Å². The maximum atomic E-state index is 12.7. The average Bonchev–Trinajstić information content (AvgIpc) is 3.13. The molecule has 0 aromatic carbocycles. The Balaban J connectivity index is 2.02. The van der Waals surface area contributed by atoms with E-state index in [2.05, 4.69) is 22.4 Å². The molecule has 0 atom stereocenters. The smallest absolute Gasteiger partial charge is 0.261 e. The molecule has 0 saturated heterocycles. The second-order valence-corrected chi connectivity index (χ2v) is 6.25. The first-order chi connectivity index (χ1) is 10.2. The molecule has 0 aliphatic heterocycles. The van der Waals surface area contributed by atoms with E-state index in [4.69, 9.17) is 0 Å². The maximum absolute atomic E-state index is 12.7. The minimum Gasteiger partial charge on any atom is -0.360 e. The number of nitrogens with zero attached hydrogens (tertiary/aromatic N) is 3. The molecule has 21 heavy (non-hydrogen) atoms. The number of rotatable bonds is 5. The van der Waals surface area contributed by atoms with Crippen LogP contribution < -0.4 is 10.9 Å². The molecule has 6 heteroatoms. The van der Waals surface area contributed by atoms with Gasteiger partial charge in [-0.3, -0.25) is 4.79 Å². The summed E-state index contributed by atoms with van der Waals surface area (Å²) in [6.07, 6.45) is 4.24. The van der Waals surface area contributed by atoms with E-state index in [0.717, 1.165) is 48.9 Å². The van der Waals surface area contributed by atoms with Crippen molar-refractivity contribution in [2.24, 2.45) is 0 Å².